The van der Waals surface area contributed by atoms with E-state index in [1.165, 1.54) is 6.92 Å². The van der Waals surface area contributed by atoms with Crippen LogP contribution in [0, 0.1) is 5.82 Å². The van der Waals surface area contributed by atoms with Gasteiger partial charge in [-0.1, -0.05) is 13.8 Å². The van der Waals surface area contributed by atoms with Crippen molar-refractivity contribution in [3.8, 4) is 0 Å². The number of carbonyl (C=O) groups excluding carboxylic acids is 1. The minimum Gasteiger partial charge on any atom is -0.446 e. The topological polar surface area (TPSA) is 123 Å². The Hall–Kier alpha value is -2.04. The summed E-state index contributed by atoms with van der Waals surface area (Å²) in [6.07, 6.45) is -3.93. The van der Waals surface area contributed by atoms with E-state index >= 15 is 0 Å². The number of anilines is 1. The second-order valence-electron chi connectivity index (χ2n) is 5.81. The van der Waals surface area contributed by atoms with Crippen LogP contribution in [0.1, 0.15) is 39.8 Å². The summed E-state index contributed by atoms with van der Waals surface area (Å²) >= 11 is 0. The summed E-state index contributed by atoms with van der Waals surface area (Å²) in [5.41, 5.74) is -0.954. The summed E-state index contributed by atoms with van der Waals surface area (Å²) < 4.78 is 25.2. The zero-order valence-electron chi connectivity index (χ0n) is 14.2. The summed E-state index contributed by atoms with van der Waals surface area (Å²) in [7, 11) is 0. The number of hydrogen-bond acceptors (Lipinski definition) is 7. The highest BCUT2D eigenvalue weighted by Gasteiger charge is 2.42. The van der Waals surface area contributed by atoms with Gasteiger partial charge < -0.3 is 19.7 Å². The number of halogens is 1. The van der Waals surface area contributed by atoms with Crippen molar-refractivity contribution in [2.45, 2.75) is 64.3 Å². The minimum atomic E-state index is -1.41. The Bertz CT molecular complexity index is 678. The normalized spacial score (nSPS) is 26.0. The number of amides is 1. The number of aromatic nitrogens is 2. The van der Waals surface area contributed by atoms with Gasteiger partial charge in [-0.25, -0.2) is 14.0 Å². The predicted octanol–water partition coefficient (Wildman–Crippen LogP) is 0.759. The van der Waals surface area contributed by atoms with Crippen LogP contribution in [0.4, 0.5) is 15.0 Å². The molecule has 4 atom stereocenters. The van der Waals surface area contributed by atoms with Crippen molar-refractivity contribution in [3.05, 3.63) is 22.5 Å². The number of aliphatic hydroxyl groups is 2. The van der Waals surface area contributed by atoms with Gasteiger partial charge in [0, 0.05) is 0 Å². The number of nitrogens with zero attached hydrogens (tertiary/aromatic N) is 2. The molecule has 1 aliphatic heterocycles. The molecule has 0 bridgehead atoms. The molecule has 2 rings (SSSR count). The van der Waals surface area contributed by atoms with Gasteiger partial charge in [0.05, 0.1) is 12.3 Å². The molecule has 2 heterocycles. The molecule has 10 heteroatoms. The monoisotopic (exact) mass is 359 g/mol. The summed E-state index contributed by atoms with van der Waals surface area (Å²) in [6, 6.07) is 0. The lowest BCUT2D eigenvalue weighted by Crippen LogP contribution is -2.36. The van der Waals surface area contributed by atoms with Crippen LogP contribution < -0.4 is 11.0 Å². The van der Waals surface area contributed by atoms with Gasteiger partial charge in [-0.2, -0.15) is 4.98 Å². The quantitative estimate of drug-likeness (QED) is 0.709. The fraction of sp³-hybridized carbons (Fsp3) is 0.667. The molecule has 0 radical (unpaired) electrons. The van der Waals surface area contributed by atoms with E-state index in [4.69, 9.17) is 9.47 Å². The molecule has 140 valence electrons. The van der Waals surface area contributed by atoms with Crippen molar-refractivity contribution in [2.24, 2.45) is 0 Å². The molecule has 1 aliphatic rings. The first-order chi connectivity index (χ1) is 11.8. The Labute approximate surface area is 143 Å². The molecule has 0 saturated carbocycles. The second-order valence-corrected chi connectivity index (χ2v) is 5.81. The molecule has 9 nitrogen and oxygen atoms in total. The molecule has 1 saturated heterocycles. The van der Waals surface area contributed by atoms with Gasteiger partial charge in [0.2, 0.25) is 0 Å². The number of rotatable bonds is 5. The zero-order chi connectivity index (χ0) is 18.7. The van der Waals surface area contributed by atoms with Crippen LogP contribution in [-0.2, 0) is 9.47 Å². The molecule has 25 heavy (non-hydrogen) atoms. The van der Waals surface area contributed by atoms with E-state index in [1.807, 2.05) is 13.8 Å². The molecule has 1 aromatic rings. The molecule has 1 amide bonds. The predicted molar refractivity (Wildman–Crippen MR) is 84.5 cm³/mol. The largest absolute Gasteiger partial charge is 0.446 e. The van der Waals surface area contributed by atoms with Crippen LogP contribution in [0.2, 0.25) is 0 Å². The van der Waals surface area contributed by atoms with Crippen molar-refractivity contribution in [2.75, 3.05) is 5.32 Å². The maximum Gasteiger partial charge on any atom is 0.413 e. The molecule has 1 aromatic heterocycles. The van der Waals surface area contributed by atoms with Crippen LogP contribution >= 0.6 is 0 Å². The number of hydrogen-bond donors (Lipinski definition) is 3. The fourth-order valence-electron chi connectivity index (χ4n) is 2.51. The third kappa shape index (κ3) is 4.14. The Kier molecular flexibility index (Phi) is 6.09. The lowest BCUT2D eigenvalue weighted by atomic mass is 10.1. The standard InChI is InChI=1S/C15H22FN3O6/c1-4-8(5-2)25-15(23)18-12-9(16)6-19(14(22)17-12)13-11(21)10(20)7(3)24-13/h6-8,10-11,13,20-21H,4-5H2,1-3H3,(H,17,18,22,23)/t7-,10-,11-,13-/m0/s1. The lowest BCUT2D eigenvalue weighted by molar-refractivity contribution is -0.0355. The first-order valence-electron chi connectivity index (χ1n) is 8.06. The Morgan fingerprint density at radius 3 is 2.60 bits per heavy atom. The van der Waals surface area contributed by atoms with Gasteiger partial charge in [-0.15, -0.1) is 0 Å². The molecule has 0 spiro atoms. The number of ether oxygens (including phenoxy) is 2. The number of nitrogens with one attached hydrogen (secondary N) is 1. The molecule has 0 aliphatic carbocycles. The van der Waals surface area contributed by atoms with Gasteiger partial charge >= 0.3 is 11.8 Å². The molecular formula is C15H22FN3O6. The number of aliphatic hydroxyl groups excluding tert-OH is 2. The van der Waals surface area contributed by atoms with Gasteiger partial charge in [0.15, 0.2) is 17.9 Å². The third-order valence-electron chi connectivity index (χ3n) is 4.06. The second kappa shape index (κ2) is 7.89. The highest BCUT2D eigenvalue weighted by atomic mass is 19.1. The van der Waals surface area contributed by atoms with Crippen molar-refractivity contribution in [1.29, 1.82) is 0 Å². The fourth-order valence-corrected chi connectivity index (χ4v) is 2.51. The maximum absolute atomic E-state index is 14.2. The van der Waals surface area contributed by atoms with E-state index in [0.717, 1.165) is 10.8 Å². The highest BCUT2D eigenvalue weighted by Crippen LogP contribution is 2.28. The smallest absolute Gasteiger partial charge is 0.413 e. The van der Waals surface area contributed by atoms with Crippen molar-refractivity contribution in [1.82, 2.24) is 9.55 Å². The van der Waals surface area contributed by atoms with Gasteiger partial charge in [-0.05, 0) is 19.8 Å². The van der Waals surface area contributed by atoms with Crippen molar-refractivity contribution >= 4 is 11.9 Å². The van der Waals surface area contributed by atoms with E-state index in [9.17, 15) is 24.2 Å². The van der Waals surface area contributed by atoms with E-state index < -0.39 is 48.0 Å². The van der Waals surface area contributed by atoms with Crippen LogP contribution in [0.25, 0.3) is 0 Å². The average molecular weight is 359 g/mol. The van der Waals surface area contributed by atoms with Crippen LogP contribution in [0.3, 0.4) is 0 Å². The van der Waals surface area contributed by atoms with E-state index in [0.29, 0.717) is 12.8 Å². The Morgan fingerprint density at radius 2 is 2.08 bits per heavy atom. The van der Waals surface area contributed by atoms with E-state index in [2.05, 4.69) is 10.3 Å². The van der Waals surface area contributed by atoms with E-state index in [-0.39, 0.29) is 6.10 Å². The summed E-state index contributed by atoms with van der Waals surface area (Å²) in [5, 5.41) is 21.7. The number of carbonyl (C=O) groups is 1. The summed E-state index contributed by atoms with van der Waals surface area (Å²) in [4.78, 5) is 27.3. The summed E-state index contributed by atoms with van der Waals surface area (Å²) in [5.74, 6) is -1.59. The highest BCUT2D eigenvalue weighted by molar-refractivity contribution is 5.83. The lowest BCUT2D eigenvalue weighted by Gasteiger charge is -2.18. The minimum absolute atomic E-state index is 0.326. The van der Waals surface area contributed by atoms with Crippen LogP contribution in [0.5, 0.6) is 0 Å². The molecule has 0 aromatic carbocycles. The van der Waals surface area contributed by atoms with E-state index in [1.54, 1.807) is 0 Å². The Balaban J connectivity index is 2.18. The summed E-state index contributed by atoms with van der Waals surface area (Å²) in [6.45, 7) is 5.18. The zero-order valence-corrected chi connectivity index (χ0v) is 14.2. The molecule has 1 fully saturated rings. The molecular weight excluding hydrogens is 337 g/mol. The Morgan fingerprint density at radius 1 is 1.44 bits per heavy atom. The maximum atomic E-state index is 14.2. The first-order valence-corrected chi connectivity index (χ1v) is 8.06. The first kappa shape index (κ1) is 19.3. The molecule has 0 unspecified atom stereocenters. The third-order valence-corrected chi connectivity index (χ3v) is 4.06. The van der Waals surface area contributed by atoms with Gasteiger partial charge in [0.1, 0.15) is 18.3 Å². The van der Waals surface area contributed by atoms with Crippen molar-refractivity contribution < 1.29 is 28.9 Å². The van der Waals surface area contributed by atoms with Crippen molar-refractivity contribution in [3.63, 3.8) is 0 Å². The van der Waals surface area contributed by atoms with Crippen LogP contribution in [-0.4, -0.2) is 50.3 Å². The SMILES string of the molecule is CCC(CC)OC(=O)Nc1nc(=O)n([C@H]2O[C@@H](C)[C@H](O)[C@@H]2O)cc1F. The molecule has 3 N–H and O–H groups in total. The van der Waals surface area contributed by atoms with Gasteiger partial charge in [-0.3, -0.25) is 9.88 Å². The average Bonchev–Trinajstić information content (AvgIpc) is 2.83. The van der Waals surface area contributed by atoms with Crippen LogP contribution in [0.15, 0.2) is 11.0 Å². The van der Waals surface area contributed by atoms with Gasteiger partial charge in [0.25, 0.3) is 0 Å².